The Morgan fingerprint density at radius 3 is 2.50 bits per heavy atom. The molecule has 1 rings (SSSR count). The molecule has 3 nitrogen and oxygen atoms in total. The Bertz CT molecular complexity index is 379. The quantitative estimate of drug-likeness (QED) is 0.768. The summed E-state index contributed by atoms with van der Waals surface area (Å²) < 4.78 is 0.945. The van der Waals surface area contributed by atoms with Gasteiger partial charge in [0.2, 0.25) is 5.43 Å². The summed E-state index contributed by atoms with van der Waals surface area (Å²) in [4.78, 5) is 11.1. The summed E-state index contributed by atoms with van der Waals surface area (Å²) in [6, 6.07) is 2.99. The van der Waals surface area contributed by atoms with E-state index >= 15 is 0 Å². The summed E-state index contributed by atoms with van der Waals surface area (Å²) >= 11 is 6.18. The molecule has 0 saturated heterocycles. The molecule has 0 fully saturated rings. The van der Waals surface area contributed by atoms with E-state index in [1.807, 2.05) is 0 Å². The van der Waals surface area contributed by atoms with Crippen LogP contribution in [0.5, 0.6) is 5.75 Å². The van der Waals surface area contributed by atoms with E-state index in [4.69, 9.17) is 5.73 Å². The fourth-order valence-corrected chi connectivity index (χ4v) is 1.90. The molecule has 0 unspecified atom stereocenters. The Labute approximate surface area is 85.5 Å². The molecule has 12 heavy (non-hydrogen) atoms. The van der Waals surface area contributed by atoms with Crippen LogP contribution in [0.25, 0.3) is 0 Å². The van der Waals surface area contributed by atoms with Crippen molar-refractivity contribution in [3.05, 3.63) is 31.3 Å². The zero-order valence-electron chi connectivity index (χ0n) is 5.84. The molecule has 64 valence electrons. The van der Waals surface area contributed by atoms with Crippen LogP contribution in [-0.2, 0) is 0 Å². The highest BCUT2D eigenvalue weighted by molar-refractivity contribution is 9.11. The first-order chi connectivity index (χ1) is 5.52. The van der Waals surface area contributed by atoms with Gasteiger partial charge in [0.25, 0.3) is 0 Å². The van der Waals surface area contributed by atoms with Gasteiger partial charge in [-0.15, -0.1) is 0 Å². The average molecular weight is 295 g/mol. The number of hydrogen-bond donors (Lipinski definition) is 2. The fraction of sp³-hybridized carbons (Fsp3) is 0. The zero-order valence-corrected chi connectivity index (χ0v) is 9.02. The van der Waals surface area contributed by atoms with Crippen molar-refractivity contribution in [3.63, 3.8) is 0 Å². The maximum absolute atomic E-state index is 11.1. The third kappa shape index (κ3) is 1.78. The molecular weight excluding hydrogens is 290 g/mol. The smallest absolute Gasteiger partial charge is 0.244 e. The standard InChI is InChI=1S/C7H5Br2NO2/c8-3-1-4(9)6(11)7(12)5(10)2-3/h1-2H,(H3,10,11,12). The summed E-state index contributed by atoms with van der Waals surface area (Å²) in [5.41, 5.74) is 4.78. The van der Waals surface area contributed by atoms with Crippen LogP contribution in [0.1, 0.15) is 0 Å². The number of nitrogens with two attached hydrogens (primary N) is 1. The van der Waals surface area contributed by atoms with Crippen molar-refractivity contribution >= 4 is 37.5 Å². The molecule has 5 heteroatoms. The molecule has 3 N–H and O–H groups in total. The highest BCUT2D eigenvalue weighted by atomic mass is 79.9. The minimum absolute atomic E-state index is 0.00470. The predicted octanol–water partition coefficient (Wildman–Crippen LogP) is 1.86. The summed E-state index contributed by atoms with van der Waals surface area (Å²) in [5.74, 6) is -0.377. The average Bonchev–Trinajstić information content (AvgIpc) is 2.05. The summed E-state index contributed by atoms with van der Waals surface area (Å²) in [6.45, 7) is 0. The van der Waals surface area contributed by atoms with Gasteiger partial charge in [0, 0.05) is 4.47 Å². The number of anilines is 1. The highest BCUT2D eigenvalue weighted by Crippen LogP contribution is 2.23. The van der Waals surface area contributed by atoms with Crippen LogP contribution >= 0.6 is 31.9 Å². The highest BCUT2D eigenvalue weighted by Gasteiger charge is 2.04. The van der Waals surface area contributed by atoms with E-state index in [9.17, 15) is 9.90 Å². The summed E-state index contributed by atoms with van der Waals surface area (Å²) in [6.07, 6.45) is 0. The van der Waals surface area contributed by atoms with Crippen LogP contribution in [-0.4, -0.2) is 5.11 Å². The molecule has 0 spiro atoms. The maximum atomic E-state index is 11.1. The van der Waals surface area contributed by atoms with Gasteiger partial charge in [-0.1, -0.05) is 15.9 Å². The van der Waals surface area contributed by atoms with E-state index < -0.39 is 5.43 Å². The number of nitrogen functional groups attached to an aromatic ring is 1. The molecular formula is C7H5Br2NO2. The molecule has 1 aromatic carbocycles. The van der Waals surface area contributed by atoms with Crippen LogP contribution in [0.3, 0.4) is 0 Å². The maximum Gasteiger partial charge on any atom is 0.244 e. The lowest BCUT2D eigenvalue weighted by atomic mass is 10.4. The van der Waals surface area contributed by atoms with E-state index in [0.717, 1.165) is 0 Å². The van der Waals surface area contributed by atoms with Gasteiger partial charge < -0.3 is 10.8 Å². The van der Waals surface area contributed by atoms with Crippen LogP contribution in [0.4, 0.5) is 5.69 Å². The number of rotatable bonds is 0. The lowest BCUT2D eigenvalue weighted by Crippen LogP contribution is -2.03. The second-order valence-corrected chi connectivity index (χ2v) is 3.92. The van der Waals surface area contributed by atoms with Crippen molar-refractivity contribution in [2.75, 3.05) is 5.73 Å². The first kappa shape index (κ1) is 9.54. The topological polar surface area (TPSA) is 63.3 Å². The molecule has 0 radical (unpaired) electrons. The van der Waals surface area contributed by atoms with Gasteiger partial charge in [-0.3, -0.25) is 4.79 Å². The lowest BCUT2D eigenvalue weighted by molar-refractivity contribution is 0.468. The fourth-order valence-electron chi connectivity index (χ4n) is 0.690. The molecule has 0 aliphatic carbocycles. The Hall–Kier alpha value is -0.550. The molecule has 0 aliphatic heterocycles. The SMILES string of the molecule is Nc1cc(Br)cc(Br)c(O)c1=O. The van der Waals surface area contributed by atoms with Gasteiger partial charge in [0.05, 0.1) is 10.2 Å². The number of halogens is 2. The van der Waals surface area contributed by atoms with E-state index in [2.05, 4.69) is 31.9 Å². The van der Waals surface area contributed by atoms with E-state index in [1.54, 1.807) is 6.07 Å². The molecule has 0 amide bonds. The van der Waals surface area contributed by atoms with E-state index in [-0.39, 0.29) is 11.4 Å². The Morgan fingerprint density at radius 2 is 1.92 bits per heavy atom. The largest absolute Gasteiger partial charge is 0.503 e. The first-order valence-electron chi connectivity index (χ1n) is 3.00. The predicted molar refractivity (Wildman–Crippen MR) is 54.2 cm³/mol. The Balaban J connectivity index is 3.69. The Kier molecular flexibility index (Phi) is 2.74. The molecule has 0 saturated carbocycles. The van der Waals surface area contributed by atoms with Gasteiger partial charge in [-0.25, -0.2) is 0 Å². The molecule has 0 atom stereocenters. The first-order valence-corrected chi connectivity index (χ1v) is 4.59. The number of aromatic hydroxyl groups is 1. The van der Waals surface area contributed by atoms with Crippen LogP contribution in [0.2, 0.25) is 0 Å². The van der Waals surface area contributed by atoms with Crippen LogP contribution in [0, 0.1) is 0 Å². The van der Waals surface area contributed by atoms with Gasteiger partial charge in [-0.2, -0.15) is 0 Å². The van der Waals surface area contributed by atoms with Crippen molar-refractivity contribution in [3.8, 4) is 5.75 Å². The van der Waals surface area contributed by atoms with Crippen molar-refractivity contribution in [1.29, 1.82) is 0 Å². The third-order valence-corrected chi connectivity index (χ3v) is 2.32. The van der Waals surface area contributed by atoms with Gasteiger partial charge >= 0.3 is 0 Å². The third-order valence-electron chi connectivity index (χ3n) is 1.26. The lowest BCUT2D eigenvalue weighted by Gasteiger charge is -1.86. The van der Waals surface area contributed by atoms with Crippen LogP contribution in [0.15, 0.2) is 25.9 Å². The van der Waals surface area contributed by atoms with Gasteiger partial charge in [0.1, 0.15) is 0 Å². The minimum Gasteiger partial charge on any atom is -0.503 e. The van der Waals surface area contributed by atoms with Crippen molar-refractivity contribution < 1.29 is 5.11 Å². The van der Waals surface area contributed by atoms with Crippen LogP contribution < -0.4 is 11.2 Å². The Morgan fingerprint density at radius 1 is 1.33 bits per heavy atom. The monoisotopic (exact) mass is 293 g/mol. The second-order valence-electron chi connectivity index (χ2n) is 2.15. The van der Waals surface area contributed by atoms with E-state index in [1.165, 1.54) is 6.07 Å². The zero-order chi connectivity index (χ0) is 9.30. The van der Waals surface area contributed by atoms with Gasteiger partial charge in [-0.05, 0) is 28.1 Å². The van der Waals surface area contributed by atoms with Crippen molar-refractivity contribution in [2.45, 2.75) is 0 Å². The normalized spacial score (nSPS) is 9.83. The van der Waals surface area contributed by atoms with Gasteiger partial charge in [0.15, 0.2) is 5.75 Å². The van der Waals surface area contributed by atoms with Crippen molar-refractivity contribution in [1.82, 2.24) is 0 Å². The molecule has 0 aliphatic rings. The molecule has 0 heterocycles. The minimum atomic E-state index is -0.576. The van der Waals surface area contributed by atoms with Crippen molar-refractivity contribution in [2.24, 2.45) is 0 Å². The summed E-state index contributed by atoms with van der Waals surface area (Å²) in [7, 11) is 0. The summed E-state index contributed by atoms with van der Waals surface area (Å²) in [5, 5.41) is 9.21. The second kappa shape index (κ2) is 3.45. The molecule has 1 aromatic rings. The molecule has 0 aromatic heterocycles. The number of hydrogen-bond acceptors (Lipinski definition) is 3. The van der Waals surface area contributed by atoms with E-state index in [0.29, 0.717) is 8.95 Å². The molecule has 0 bridgehead atoms.